The van der Waals surface area contributed by atoms with Crippen LogP contribution in [0.1, 0.15) is 16.9 Å². The zero-order valence-electron chi connectivity index (χ0n) is 15.9. The van der Waals surface area contributed by atoms with Gasteiger partial charge in [-0.3, -0.25) is 0 Å². The van der Waals surface area contributed by atoms with Crippen LogP contribution in [0.5, 0.6) is 0 Å². The lowest BCUT2D eigenvalue weighted by atomic mass is 10.1. The minimum atomic E-state index is -2.05. The summed E-state index contributed by atoms with van der Waals surface area (Å²) in [5.74, 6) is 0. The summed E-state index contributed by atoms with van der Waals surface area (Å²) in [6, 6.07) is 10.1. The maximum atomic E-state index is 9.12. The van der Waals surface area contributed by atoms with Gasteiger partial charge in [-0.2, -0.15) is 5.26 Å². The Labute approximate surface area is 162 Å². The minimum absolute atomic E-state index is 0.0502. The summed E-state index contributed by atoms with van der Waals surface area (Å²) in [7, 11) is -3.97. The van der Waals surface area contributed by atoms with Crippen LogP contribution in [0.3, 0.4) is 0 Å². The molecule has 1 aromatic carbocycles. The lowest BCUT2D eigenvalue weighted by Crippen LogP contribution is -2.49. The largest absolute Gasteiger partial charge is 0.413 e. The van der Waals surface area contributed by atoms with Crippen molar-refractivity contribution in [3.8, 4) is 6.07 Å². The van der Waals surface area contributed by atoms with Gasteiger partial charge in [-0.25, -0.2) is 0 Å². The molecule has 0 amide bonds. The van der Waals surface area contributed by atoms with Crippen LogP contribution >= 0.6 is 0 Å². The molecule has 1 unspecified atom stereocenters. The van der Waals surface area contributed by atoms with E-state index in [2.05, 4.69) is 95.8 Å². The molecule has 2 saturated carbocycles. The van der Waals surface area contributed by atoms with E-state index in [0.29, 0.717) is 5.56 Å². The third-order valence-corrected chi connectivity index (χ3v) is 11.5. The van der Waals surface area contributed by atoms with E-state index in [1.165, 1.54) is 16.6 Å². The van der Waals surface area contributed by atoms with Gasteiger partial charge in [0.25, 0.3) is 0 Å². The molecular formula is C22H25NOSi2. The van der Waals surface area contributed by atoms with Gasteiger partial charge >= 0.3 is 0 Å². The highest BCUT2D eigenvalue weighted by Crippen LogP contribution is 2.44. The first-order valence-corrected chi connectivity index (χ1v) is 15.0. The van der Waals surface area contributed by atoms with E-state index >= 15 is 0 Å². The Morgan fingerprint density at radius 1 is 0.808 bits per heavy atom. The van der Waals surface area contributed by atoms with Crippen LogP contribution in [-0.2, 0) is 4.43 Å². The van der Waals surface area contributed by atoms with Crippen molar-refractivity contribution in [3.05, 3.63) is 97.8 Å². The van der Waals surface area contributed by atoms with Gasteiger partial charge in [-0.15, -0.1) is 0 Å². The van der Waals surface area contributed by atoms with Crippen LogP contribution in [0.15, 0.2) is 24.3 Å². The molecule has 2 fully saturated rings. The van der Waals surface area contributed by atoms with Crippen LogP contribution in [0.25, 0.3) is 0 Å². The number of hydrogen-bond acceptors (Lipinski definition) is 2. The number of benzene rings is 1. The predicted octanol–water partition coefficient (Wildman–Crippen LogP) is 4.96. The lowest BCUT2D eigenvalue weighted by Gasteiger charge is -2.43. The van der Waals surface area contributed by atoms with Crippen molar-refractivity contribution in [2.75, 3.05) is 0 Å². The van der Waals surface area contributed by atoms with Crippen LogP contribution in [0, 0.1) is 73.8 Å². The zero-order valence-corrected chi connectivity index (χ0v) is 17.9. The number of rotatable bonds is 6. The Kier molecular flexibility index (Phi) is 6.11. The van der Waals surface area contributed by atoms with E-state index < -0.39 is 16.4 Å². The van der Waals surface area contributed by atoms with Gasteiger partial charge in [0, 0.05) is 5.54 Å². The molecule has 2 aliphatic carbocycles. The van der Waals surface area contributed by atoms with Crippen molar-refractivity contribution < 1.29 is 4.43 Å². The minimum Gasteiger partial charge on any atom is -0.413 e. The highest BCUT2D eigenvalue weighted by atomic mass is 28.4. The molecule has 0 bridgehead atoms. The molecule has 1 atom stereocenters. The molecule has 2 nitrogen and oxygen atoms in total. The van der Waals surface area contributed by atoms with Gasteiger partial charge in [0.15, 0.2) is 8.32 Å². The molecule has 2 aliphatic rings. The summed E-state index contributed by atoms with van der Waals surface area (Å²) in [6.07, 6.45) is 17.2. The summed E-state index contributed by atoms with van der Waals surface area (Å²) >= 11 is 0. The topological polar surface area (TPSA) is 33.0 Å². The molecule has 0 heterocycles. The molecule has 26 heavy (non-hydrogen) atoms. The first-order valence-electron chi connectivity index (χ1n) is 8.97. The van der Waals surface area contributed by atoms with Crippen molar-refractivity contribution >= 4 is 16.4 Å². The third-order valence-electron chi connectivity index (χ3n) is 5.18. The molecule has 132 valence electrons. The van der Waals surface area contributed by atoms with Gasteiger partial charge in [0.1, 0.15) is 0 Å². The smallest absolute Gasteiger partial charge is 0.194 e. The van der Waals surface area contributed by atoms with Crippen molar-refractivity contribution in [2.24, 2.45) is 0 Å². The molecule has 0 aliphatic heterocycles. The average Bonchev–Trinajstić information content (AvgIpc) is 3.33. The fourth-order valence-corrected chi connectivity index (χ4v) is 9.76. The average molecular weight is 376 g/mol. The molecule has 0 spiro atoms. The summed E-state index contributed by atoms with van der Waals surface area (Å²) in [6.45, 7) is 9.30. The molecule has 4 heteroatoms. The van der Waals surface area contributed by atoms with Crippen molar-refractivity contribution in [3.63, 3.8) is 0 Å². The summed E-state index contributed by atoms with van der Waals surface area (Å²) in [4.78, 5) is 0. The standard InChI is InChI=1S/C22H25NOSi2/c1-25(2,20-9-5-6-10-20)22(19-15-13-18(17-23)14-16-19)24-26(3,4)21-11-7-8-12-21/h5-16,22H,1-4H3. The number of nitrogens with zero attached hydrogens (tertiary/aromatic N) is 1. The van der Waals surface area contributed by atoms with E-state index in [-0.39, 0.29) is 5.73 Å². The monoisotopic (exact) mass is 375 g/mol. The molecule has 3 rings (SSSR count). The fraction of sp³-hybridized carbons (Fsp3) is 0.227. The molecule has 10 radical (unpaired) electrons. The van der Waals surface area contributed by atoms with E-state index in [4.69, 9.17) is 9.69 Å². The van der Waals surface area contributed by atoms with Gasteiger partial charge in [0.05, 0.1) is 25.4 Å². The Bertz CT molecular complexity index is 635. The van der Waals surface area contributed by atoms with E-state index in [1.54, 1.807) is 0 Å². The van der Waals surface area contributed by atoms with Gasteiger partial charge in [-0.1, -0.05) is 25.2 Å². The van der Waals surface area contributed by atoms with Crippen LogP contribution in [0.4, 0.5) is 0 Å². The normalized spacial score (nSPS) is 21.0. The number of hydrogen-bond donors (Lipinski definition) is 0. The zero-order chi connectivity index (χ0) is 18.8. The molecule has 0 aromatic heterocycles. The second-order valence-electron chi connectivity index (χ2n) is 7.81. The second-order valence-corrected chi connectivity index (χ2v) is 16.2. The lowest BCUT2D eigenvalue weighted by molar-refractivity contribution is 0.267. The highest BCUT2D eigenvalue weighted by Gasteiger charge is 2.47. The van der Waals surface area contributed by atoms with E-state index in [9.17, 15) is 0 Å². The summed E-state index contributed by atoms with van der Waals surface area (Å²) < 4.78 is 6.95. The SMILES string of the molecule is C[Si](C)(OC(c1ccc(C#N)cc1)[Si](C)(C)[C]1[CH][CH][CH][CH]1)[C]1[CH][CH][CH][CH]1. The highest BCUT2D eigenvalue weighted by molar-refractivity contribution is 6.86. The Hall–Kier alpha value is -0.896. The predicted molar refractivity (Wildman–Crippen MR) is 111 cm³/mol. The molecule has 0 N–H and O–H groups in total. The first kappa shape index (κ1) is 19.9. The van der Waals surface area contributed by atoms with Crippen LogP contribution in [0.2, 0.25) is 26.2 Å². The first-order chi connectivity index (χ1) is 12.3. The molecular weight excluding hydrogens is 350 g/mol. The Balaban J connectivity index is 1.90. The number of nitriles is 1. The Morgan fingerprint density at radius 3 is 1.81 bits per heavy atom. The van der Waals surface area contributed by atoms with Crippen molar-refractivity contribution in [1.82, 2.24) is 0 Å². The van der Waals surface area contributed by atoms with E-state index in [1.807, 2.05) is 12.1 Å². The maximum Gasteiger partial charge on any atom is 0.194 e. The van der Waals surface area contributed by atoms with Crippen molar-refractivity contribution in [1.29, 1.82) is 5.26 Å². The maximum absolute atomic E-state index is 9.12. The van der Waals surface area contributed by atoms with Crippen molar-refractivity contribution in [2.45, 2.75) is 31.9 Å². The summed E-state index contributed by atoms with van der Waals surface area (Å²) in [5.41, 5.74) is 4.64. The van der Waals surface area contributed by atoms with Crippen LogP contribution in [-0.4, -0.2) is 16.4 Å². The van der Waals surface area contributed by atoms with Gasteiger partial charge in [0.2, 0.25) is 0 Å². The van der Waals surface area contributed by atoms with E-state index in [0.717, 1.165) is 0 Å². The third kappa shape index (κ3) is 4.16. The fourth-order valence-electron chi connectivity index (χ4n) is 3.46. The molecule has 0 saturated heterocycles. The van der Waals surface area contributed by atoms with Gasteiger partial charge in [-0.05, 0) is 87.7 Å². The Morgan fingerprint density at radius 2 is 1.31 bits per heavy atom. The van der Waals surface area contributed by atoms with Gasteiger partial charge < -0.3 is 4.43 Å². The quantitative estimate of drug-likeness (QED) is 0.659. The molecule has 1 aromatic rings. The summed E-state index contributed by atoms with van der Waals surface area (Å²) in [5, 5.41) is 9.12. The second kappa shape index (κ2) is 8.00. The van der Waals surface area contributed by atoms with Crippen LogP contribution < -0.4 is 0 Å².